The van der Waals surface area contributed by atoms with Crippen molar-refractivity contribution in [2.75, 3.05) is 7.11 Å². The van der Waals surface area contributed by atoms with E-state index in [9.17, 15) is 5.11 Å². The summed E-state index contributed by atoms with van der Waals surface area (Å²) in [4.78, 5) is 10.7. The molecule has 0 radical (unpaired) electrons. The third kappa shape index (κ3) is 1.74. The van der Waals surface area contributed by atoms with Crippen molar-refractivity contribution >= 4 is 21.8 Å². The molecule has 0 bridgehead atoms. The maximum absolute atomic E-state index is 9.99. The molecule has 104 valence electrons. The average molecular weight is 279 g/mol. The predicted octanol–water partition coefficient (Wildman–Crippen LogP) is 3.43. The molecular weight excluding hydrogens is 266 g/mol. The molecule has 0 aliphatic heterocycles. The minimum absolute atomic E-state index is 0.152. The molecule has 0 amide bonds. The number of nitrogens with one attached hydrogen (secondary N) is 2. The Morgan fingerprint density at radius 2 is 2.10 bits per heavy atom. The number of imidazole rings is 1. The molecule has 0 spiro atoms. The molecule has 5 nitrogen and oxygen atoms in total. The van der Waals surface area contributed by atoms with E-state index in [1.165, 1.54) is 0 Å². The second kappa shape index (κ2) is 4.28. The normalized spacial score (nSPS) is 11.3. The van der Waals surface area contributed by atoms with Gasteiger partial charge in [-0.25, -0.2) is 4.98 Å². The largest absolute Gasteiger partial charge is 0.497 e. The second-order valence-electron chi connectivity index (χ2n) is 4.88. The van der Waals surface area contributed by atoms with E-state index in [-0.39, 0.29) is 5.88 Å². The number of hydrogen-bond donors (Lipinski definition) is 3. The van der Waals surface area contributed by atoms with Crippen LogP contribution in [0.2, 0.25) is 0 Å². The van der Waals surface area contributed by atoms with Crippen LogP contribution in [-0.4, -0.2) is 27.2 Å². The molecule has 2 aromatic heterocycles. The summed E-state index contributed by atoms with van der Waals surface area (Å²) in [5.41, 5.74) is 2.62. The minimum atomic E-state index is 0.152. The molecule has 0 aliphatic rings. The summed E-state index contributed by atoms with van der Waals surface area (Å²) in [5.74, 6) is 1.65. The van der Waals surface area contributed by atoms with Crippen LogP contribution in [0.3, 0.4) is 0 Å². The van der Waals surface area contributed by atoms with Gasteiger partial charge in [-0.3, -0.25) is 0 Å². The van der Waals surface area contributed by atoms with Crippen LogP contribution in [-0.2, 0) is 0 Å². The molecule has 2 heterocycles. The highest BCUT2D eigenvalue weighted by Crippen LogP contribution is 2.34. The smallest absolute Gasteiger partial charge is 0.197 e. The van der Waals surface area contributed by atoms with Crippen molar-refractivity contribution in [3.8, 4) is 23.0 Å². The Morgan fingerprint density at radius 3 is 2.95 bits per heavy atom. The topological polar surface area (TPSA) is 73.9 Å². The molecule has 2 aromatic carbocycles. The first-order valence-electron chi connectivity index (χ1n) is 6.59. The van der Waals surface area contributed by atoms with Crippen molar-refractivity contribution in [1.82, 2.24) is 15.0 Å². The molecule has 0 unspecified atom stereocenters. The van der Waals surface area contributed by atoms with Crippen LogP contribution < -0.4 is 4.74 Å². The number of ether oxygens (including phenoxy) is 1. The van der Waals surface area contributed by atoms with E-state index >= 15 is 0 Å². The first kappa shape index (κ1) is 11.8. The lowest BCUT2D eigenvalue weighted by Gasteiger charge is -1.99. The van der Waals surface area contributed by atoms with Gasteiger partial charge in [-0.15, -0.1) is 0 Å². The third-order valence-electron chi connectivity index (χ3n) is 3.64. The summed E-state index contributed by atoms with van der Waals surface area (Å²) in [5, 5.41) is 11.7. The molecule has 0 aliphatic carbocycles. The zero-order valence-electron chi connectivity index (χ0n) is 11.3. The summed E-state index contributed by atoms with van der Waals surface area (Å²) >= 11 is 0. The lowest BCUT2D eigenvalue weighted by molar-refractivity contribution is 0.415. The van der Waals surface area contributed by atoms with Crippen molar-refractivity contribution in [2.24, 2.45) is 0 Å². The van der Waals surface area contributed by atoms with E-state index in [0.717, 1.165) is 38.9 Å². The van der Waals surface area contributed by atoms with Gasteiger partial charge in [0.05, 0.1) is 23.5 Å². The number of rotatable bonds is 2. The number of benzene rings is 2. The van der Waals surface area contributed by atoms with E-state index in [0.29, 0.717) is 0 Å². The van der Waals surface area contributed by atoms with Crippen LogP contribution in [0.15, 0.2) is 42.6 Å². The van der Waals surface area contributed by atoms with Crippen LogP contribution in [0.25, 0.3) is 33.2 Å². The zero-order valence-corrected chi connectivity index (χ0v) is 11.3. The van der Waals surface area contributed by atoms with E-state index in [4.69, 9.17) is 4.74 Å². The van der Waals surface area contributed by atoms with Gasteiger partial charge in [0, 0.05) is 23.2 Å². The zero-order chi connectivity index (χ0) is 14.4. The molecule has 4 rings (SSSR count). The summed E-state index contributed by atoms with van der Waals surface area (Å²) in [6.07, 6.45) is 1.78. The third-order valence-corrected chi connectivity index (χ3v) is 3.64. The van der Waals surface area contributed by atoms with E-state index in [1.54, 1.807) is 13.3 Å². The Balaban J connectivity index is 1.98. The summed E-state index contributed by atoms with van der Waals surface area (Å²) < 4.78 is 5.22. The number of hydrogen-bond acceptors (Lipinski definition) is 3. The number of methoxy groups -OCH3 is 1. The van der Waals surface area contributed by atoms with Crippen molar-refractivity contribution in [1.29, 1.82) is 0 Å². The Bertz CT molecular complexity index is 953. The number of aromatic nitrogens is 3. The molecule has 5 heteroatoms. The fraction of sp³-hybridized carbons (Fsp3) is 0.0625. The van der Waals surface area contributed by atoms with Gasteiger partial charge in [-0.2, -0.15) is 0 Å². The van der Waals surface area contributed by atoms with Crippen molar-refractivity contribution in [3.05, 3.63) is 42.6 Å². The fourth-order valence-electron chi connectivity index (χ4n) is 2.61. The molecular formula is C16H13N3O2. The van der Waals surface area contributed by atoms with E-state index in [1.807, 2.05) is 36.4 Å². The number of aromatic amines is 2. The van der Waals surface area contributed by atoms with Gasteiger partial charge in [-0.1, -0.05) is 18.2 Å². The van der Waals surface area contributed by atoms with Crippen LogP contribution in [0.5, 0.6) is 11.6 Å². The molecule has 4 aromatic rings. The SMILES string of the molecule is COc1ccc2nc(-c3cccc4c[nH]c(O)c34)[nH]c2c1. The lowest BCUT2D eigenvalue weighted by Crippen LogP contribution is -1.81. The quantitative estimate of drug-likeness (QED) is 0.526. The summed E-state index contributed by atoms with van der Waals surface area (Å²) in [6.45, 7) is 0. The van der Waals surface area contributed by atoms with Crippen LogP contribution in [0.4, 0.5) is 0 Å². The maximum atomic E-state index is 9.99. The first-order valence-corrected chi connectivity index (χ1v) is 6.59. The monoisotopic (exact) mass is 279 g/mol. The predicted molar refractivity (Wildman–Crippen MR) is 81.6 cm³/mol. The van der Waals surface area contributed by atoms with Crippen molar-refractivity contribution in [3.63, 3.8) is 0 Å². The van der Waals surface area contributed by atoms with E-state index in [2.05, 4.69) is 15.0 Å². The standard InChI is InChI=1S/C16H13N3O2/c1-21-10-5-6-12-13(7-10)19-15(18-12)11-4-2-3-9-8-17-16(20)14(9)11/h2-8,17,20H,1H3,(H,18,19). The average Bonchev–Trinajstić information content (AvgIpc) is 3.10. The Hall–Kier alpha value is -2.95. The summed E-state index contributed by atoms with van der Waals surface area (Å²) in [6, 6.07) is 11.5. The van der Waals surface area contributed by atoms with Gasteiger partial charge < -0.3 is 19.8 Å². The molecule has 0 fully saturated rings. The molecule has 21 heavy (non-hydrogen) atoms. The number of aromatic hydroxyl groups is 1. The van der Waals surface area contributed by atoms with Crippen molar-refractivity contribution < 1.29 is 9.84 Å². The highest BCUT2D eigenvalue weighted by molar-refractivity contribution is 6.00. The first-order chi connectivity index (χ1) is 10.3. The lowest BCUT2D eigenvalue weighted by atomic mass is 10.1. The van der Waals surface area contributed by atoms with Gasteiger partial charge in [0.1, 0.15) is 11.6 Å². The van der Waals surface area contributed by atoms with Crippen molar-refractivity contribution in [2.45, 2.75) is 0 Å². The Morgan fingerprint density at radius 1 is 1.19 bits per heavy atom. The molecule has 3 N–H and O–H groups in total. The van der Waals surface area contributed by atoms with Gasteiger partial charge in [0.25, 0.3) is 0 Å². The van der Waals surface area contributed by atoms with Crippen LogP contribution in [0, 0.1) is 0 Å². The number of fused-ring (bicyclic) bond motifs is 2. The highest BCUT2D eigenvalue weighted by atomic mass is 16.5. The number of H-pyrrole nitrogens is 2. The Labute approximate surface area is 120 Å². The fourth-order valence-corrected chi connectivity index (χ4v) is 2.61. The second-order valence-corrected chi connectivity index (χ2v) is 4.88. The highest BCUT2D eigenvalue weighted by Gasteiger charge is 2.13. The van der Waals surface area contributed by atoms with Gasteiger partial charge >= 0.3 is 0 Å². The maximum Gasteiger partial charge on any atom is 0.197 e. The molecule has 0 atom stereocenters. The Kier molecular flexibility index (Phi) is 2.41. The van der Waals surface area contributed by atoms with Crippen LogP contribution >= 0.6 is 0 Å². The van der Waals surface area contributed by atoms with Crippen LogP contribution in [0.1, 0.15) is 0 Å². The summed E-state index contributed by atoms with van der Waals surface area (Å²) in [7, 11) is 1.64. The minimum Gasteiger partial charge on any atom is -0.497 e. The van der Waals surface area contributed by atoms with E-state index < -0.39 is 0 Å². The molecule has 0 saturated heterocycles. The molecule has 0 saturated carbocycles. The van der Waals surface area contributed by atoms with Gasteiger partial charge in [0.15, 0.2) is 5.88 Å². The number of nitrogens with zero attached hydrogens (tertiary/aromatic N) is 1. The van der Waals surface area contributed by atoms with Gasteiger partial charge in [0.2, 0.25) is 0 Å². The van der Waals surface area contributed by atoms with Gasteiger partial charge in [-0.05, 0) is 12.1 Å².